The van der Waals surface area contributed by atoms with Crippen LogP contribution < -0.4 is 10.2 Å². The van der Waals surface area contributed by atoms with Crippen LogP contribution >= 0.6 is 0 Å². The summed E-state index contributed by atoms with van der Waals surface area (Å²) in [4.78, 5) is 26.8. The summed E-state index contributed by atoms with van der Waals surface area (Å²) in [5.41, 5.74) is 1.62. The van der Waals surface area contributed by atoms with Crippen LogP contribution in [0.1, 0.15) is 18.1 Å². The number of amides is 2. The van der Waals surface area contributed by atoms with Crippen LogP contribution in [0.4, 0.5) is 5.69 Å². The zero-order chi connectivity index (χ0) is 16.9. The molecule has 5 nitrogen and oxygen atoms in total. The van der Waals surface area contributed by atoms with Crippen molar-refractivity contribution in [1.29, 1.82) is 0 Å². The molecule has 3 rings (SSSR count). The minimum atomic E-state index is -0.718. The summed E-state index contributed by atoms with van der Waals surface area (Å²) in [6, 6.07) is 18.2. The van der Waals surface area contributed by atoms with Gasteiger partial charge in [-0.1, -0.05) is 48.5 Å². The van der Waals surface area contributed by atoms with Crippen LogP contribution in [0.2, 0.25) is 0 Å². The minimum absolute atomic E-state index is 0.0857. The van der Waals surface area contributed by atoms with Crippen LogP contribution in [-0.4, -0.2) is 31.5 Å². The van der Waals surface area contributed by atoms with E-state index in [-0.39, 0.29) is 11.8 Å². The predicted octanol–water partition coefficient (Wildman–Crippen LogP) is 2.30. The Kier molecular flexibility index (Phi) is 4.91. The number of carbonyl (C=O) groups excluding carboxylic acids is 2. The highest BCUT2D eigenvalue weighted by atomic mass is 16.5. The van der Waals surface area contributed by atoms with Crippen molar-refractivity contribution in [2.45, 2.75) is 18.6 Å². The van der Waals surface area contributed by atoms with E-state index in [9.17, 15) is 9.59 Å². The molecular formula is C19H20N2O3. The maximum Gasteiger partial charge on any atom is 0.254 e. The molecule has 0 saturated carbocycles. The number of hydrogen-bond acceptors (Lipinski definition) is 3. The number of rotatable bonds is 5. The minimum Gasteiger partial charge on any atom is -0.367 e. The third kappa shape index (κ3) is 3.31. The van der Waals surface area contributed by atoms with E-state index in [2.05, 4.69) is 5.32 Å². The molecule has 0 spiro atoms. The lowest BCUT2D eigenvalue weighted by atomic mass is 10.1. The van der Waals surface area contributed by atoms with Gasteiger partial charge in [0.15, 0.2) is 6.10 Å². The van der Waals surface area contributed by atoms with Gasteiger partial charge in [-0.15, -0.1) is 0 Å². The van der Waals surface area contributed by atoms with E-state index in [0.717, 1.165) is 11.3 Å². The van der Waals surface area contributed by atoms with Crippen molar-refractivity contribution in [3.05, 3.63) is 66.2 Å². The highest BCUT2D eigenvalue weighted by Crippen LogP contribution is 2.22. The SMILES string of the molecule is CO[C@@H](C(=O)N[C@@H]1CCN(c2ccccc2)C1=O)c1ccccc1. The lowest BCUT2D eigenvalue weighted by Gasteiger charge is -2.20. The fourth-order valence-electron chi connectivity index (χ4n) is 2.95. The zero-order valence-electron chi connectivity index (χ0n) is 13.5. The Balaban J connectivity index is 1.68. The Hall–Kier alpha value is -2.66. The van der Waals surface area contributed by atoms with Gasteiger partial charge in [-0.25, -0.2) is 0 Å². The first-order valence-corrected chi connectivity index (χ1v) is 7.95. The van der Waals surface area contributed by atoms with Crippen molar-refractivity contribution in [1.82, 2.24) is 5.32 Å². The highest BCUT2D eigenvalue weighted by molar-refractivity contribution is 6.01. The smallest absolute Gasteiger partial charge is 0.254 e. The molecular weight excluding hydrogens is 304 g/mol. The molecule has 24 heavy (non-hydrogen) atoms. The van der Waals surface area contributed by atoms with Gasteiger partial charge in [-0.2, -0.15) is 0 Å². The Morgan fingerprint density at radius 3 is 2.38 bits per heavy atom. The number of nitrogens with one attached hydrogen (secondary N) is 1. The Morgan fingerprint density at radius 1 is 1.12 bits per heavy atom. The number of nitrogens with zero attached hydrogens (tertiary/aromatic N) is 1. The van der Waals surface area contributed by atoms with Gasteiger partial charge in [0.1, 0.15) is 6.04 Å². The number of para-hydroxylation sites is 1. The number of ether oxygens (including phenoxy) is 1. The second kappa shape index (κ2) is 7.27. The Bertz CT molecular complexity index is 703. The topological polar surface area (TPSA) is 58.6 Å². The van der Waals surface area contributed by atoms with Gasteiger partial charge in [0.2, 0.25) is 5.91 Å². The van der Waals surface area contributed by atoms with Gasteiger partial charge in [0.05, 0.1) is 0 Å². The molecule has 1 N–H and O–H groups in total. The van der Waals surface area contributed by atoms with Gasteiger partial charge in [0.25, 0.3) is 5.91 Å². The van der Waals surface area contributed by atoms with Gasteiger partial charge in [-0.05, 0) is 24.1 Å². The first kappa shape index (κ1) is 16.2. The Morgan fingerprint density at radius 2 is 1.75 bits per heavy atom. The van der Waals surface area contributed by atoms with Crippen LogP contribution in [0.3, 0.4) is 0 Å². The summed E-state index contributed by atoms with van der Waals surface area (Å²) in [6.45, 7) is 0.594. The van der Waals surface area contributed by atoms with Crippen LogP contribution in [0.15, 0.2) is 60.7 Å². The van der Waals surface area contributed by atoms with Crippen LogP contribution in [0, 0.1) is 0 Å². The lowest BCUT2D eigenvalue weighted by molar-refractivity contribution is -0.134. The van der Waals surface area contributed by atoms with E-state index in [1.165, 1.54) is 7.11 Å². The standard InChI is InChI=1S/C19H20N2O3/c1-24-17(14-8-4-2-5-9-14)18(22)20-16-12-13-21(19(16)23)15-10-6-3-7-11-15/h2-11,16-17H,12-13H2,1H3,(H,20,22)/t16-,17-/m1/s1. The zero-order valence-corrected chi connectivity index (χ0v) is 13.5. The van der Waals surface area contributed by atoms with Crippen LogP contribution in [0.5, 0.6) is 0 Å². The average Bonchev–Trinajstić information content (AvgIpc) is 2.98. The molecule has 0 radical (unpaired) electrons. The molecule has 1 aliphatic heterocycles. The first-order valence-electron chi connectivity index (χ1n) is 7.95. The molecule has 2 atom stereocenters. The Labute approximate surface area is 141 Å². The van der Waals surface area contributed by atoms with Gasteiger partial charge < -0.3 is 15.0 Å². The second-order valence-corrected chi connectivity index (χ2v) is 5.70. The normalized spacial score (nSPS) is 18.5. The van der Waals surface area contributed by atoms with Crippen molar-refractivity contribution < 1.29 is 14.3 Å². The van der Waals surface area contributed by atoms with E-state index in [1.54, 1.807) is 4.90 Å². The molecule has 0 aliphatic carbocycles. The molecule has 0 aromatic heterocycles. The third-order valence-corrected chi connectivity index (χ3v) is 4.17. The monoisotopic (exact) mass is 324 g/mol. The van der Waals surface area contributed by atoms with Crippen molar-refractivity contribution in [2.75, 3.05) is 18.6 Å². The molecule has 1 saturated heterocycles. The van der Waals surface area contributed by atoms with Gasteiger partial charge in [-0.3, -0.25) is 9.59 Å². The molecule has 1 aliphatic rings. The quantitative estimate of drug-likeness (QED) is 0.918. The number of methoxy groups -OCH3 is 1. The van der Waals surface area contributed by atoms with Crippen molar-refractivity contribution in [3.63, 3.8) is 0 Å². The first-order chi connectivity index (χ1) is 11.7. The summed E-state index contributed by atoms with van der Waals surface area (Å²) < 4.78 is 5.32. The molecule has 2 amide bonds. The van der Waals surface area contributed by atoms with Gasteiger partial charge >= 0.3 is 0 Å². The maximum atomic E-state index is 12.6. The lowest BCUT2D eigenvalue weighted by Crippen LogP contribution is -2.43. The molecule has 5 heteroatoms. The fourth-order valence-corrected chi connectivity index (χ4v) is 2.95. The molecule has 2 aromatic rings. The van der Waals surface area contributed by atoms with Crippen LogP contribution in [-0.2, 0) is 14.3 Å². The van der Waals surface area contributed by atoms with Crippen molar-refractivity contribution in [2.24, 2.45) is 0 Å². The average molecular weight is 324 g/mol. The molecule has 1 fully saturated rings. The second-order valence-electron chi connectivity index (χ2n) is 5.70. The highest BCUT2D eigenvalue weighted by Gasteiger charge is 2.35. The van der Waals surface area contributed by atoms with E-state index in [4.69, 9.17) is 4.74 Å². The number of benzene rings is 2. The van der Waals surface area contributed by atoms with Crippen molar-refractivity contribution >= 4 is 17.5 Å². The van der Waals surface area contributed by atoms with E-state index in [1.807, 2.05) is 60.7 Å². The molecule has 0 bridgehead atoms. The van der Waals surface area contributed by atoms with E-state index >= 15 is 0 Å². The van der Waals surface area contributed by atoms with Crippen LogP contribution in [0.25, 0.3) is 0 Å². The van der Waals surface area contributed by atoms with Crippen molar-refractivity contribution in [3.8, 4) is 0 Å². The number of carbonyl (C=O) groups is 2. The van der Waals surface area contributed by atoms with E-state index < -0.39 is 12.1 Å². The van der Waals surface area contributed by atoms with Gasteiger partial charge in [0, 0.05) is 19.3 Å². The predicted molar refractivity (Wildman–Crippen MR) is 91.5 cm³/mol. The summed E-state index contributed by atoms with van der Waals surface area (Å²) in [5.74, 6) is -0.380. The molecule has 2 aromatic carbocycles. The number of hydrogen-bond donors (Lipinski definition) is 1. The molecule has 0 unspecified atom stereocenters. The summed E-state index contributed by atoms with van der Waals surface area (Å²) in [5, 5.41) is 2.82. The largest absolute Gasteiger partial charge is 0.367 e. The summed E-state index contributed by atoms with van der Waals surface area (Å²) >= 11 is 0. The molecule has 1 heterocycles. The third-order valence-electron chi connectivity index (χ3n) is 4.17. The maximum absolute atomic E-state index is 12.6. The van der Waals surface area contributed by atoms with E-state index in [0.29, 0.717) is 13.0 Å². The summed E-state index contributed by atoms with van der Waals surface area (Å²) in [6.07, 6.45) is -0.130. The molecule has 124 valence electrons. The fraction of sp³-hybridized carbons (Fsp3) is 0.263. The summed E-state index contributed by atoms with van der Waals surface area (Å²) in [7, 11) is 1.49. The number of anilines is 1.